The quantitative estimate of drug-likeness (QED) is 0.423. The third kappa shape index (κ3) is 4.63. The molecule has 0 saturated carbocycles. The zero-order valence-corrected chi connectivity index (χ0v) is 13.4. The normalized spacial score (nSPS) is 12.8. The van der Waals surface area contributed by atoms with E-state index in [1.54, 1.807) is 0 Å². The van der Waals surface area contributed by atoms with Gasteiger partial charge in [-0.15, -0.1) is 0 Å². The fourth-order valence-electron chi connectivity index (χ4n) is 2.05. The van der Waals surface area contributed by atoms with E-state index in [2.05, 4.69) is 48.8 Å². The van der Waals surface area contributed by atoms with Crippen LogP contribution in [-0.2, 0) is 0 Å². The van der Waals surface area contributed by atoms with Crippen molar-refractivity contribution in [2.75, 3.05) is 0 Å². The minimum absolute atomic E-state index is 0.468. The van der Waals surface area contributed by atoms with Gasteiger partial charge in [0.1, 0.15) is 0 Å². The molecule has 17 heavy (non-hydrogen) atoms. The number of aryl methyl sites for hydroxylation is 2. The van der Waals surface area contributed by atoms with Crippen molar-refractivity contribution < 1.29 is 0 Å². The van der Waals surface area contributed by atoms with Crippen molar-refractivity contribution in [1.82, 2.24) is 0 Å². The van der Waals surface area contributed by atoms with Gasteiger partial charge in [0.15, 0.2) is 0 Å². The molecule has 96 valence electrons. The molecule has 0 heterocycles. The van der Waals surface area contributed by atoms with Gasteiger partial charge >= 0.3 is 0 Å². The molecule has 1 aromatic carbocycles. The Bertz CT molecular complexity index is 360. The molecule has 0 amide bonds. The maximum atomic E-state index is 6.12. The summed E-state index contributed by atoms with van der Waals surface area (Å²) >= 11 is 9.93. The maximum absolute atomic E-state index is 6.12. The predicted molar refractivity (Wildman–Crippen MR) is 81.4 cm³/mol. The first kappa shape index (κ1) is 15.0. The van der Waals surface area contributed by atoms with Gasteiger partial charge in [0.2, 0.25) is 0 Å². The molecule has 0 aliphatic rings. The van der Waals surface area contributed by atoms with E-state index in [0.717, 1.165) is 5.02 Å². The number of hydrogen-bond donors (Lipinski definition) is 0. The lowest BCUT2D eigenvalue weighted by atomic mass is 9.99. The number of halogens is 2. The first-order valence-corrected chi connectivity index (χ1v) is 7.76. The second-order valence-corrected chi connectivity index (χ2v) is 6.29. The molecule has 2 heteroatoms. The summed E-state index contributed by atoms with van der Waals surface area (Å²) in [5.74, 6) is 0. The van der Waals surface area contributed by atoms with Crippen LogP contribution in [0.25, 0.3) is 0 Å². The molecular formula is C15H22BrCl. The van der Waals surface area contributed by atoms with E-state index in [1.165, 1.54) is 48.8 Å². The molecule has 0 radical (unpaired) electrons. The smallest absolute Gasteiger partial charge is 0.0438 e. The SMILES string of the molecule is CCCCCCC(Br)c1cc(C)c(Cl)cc1C. The van der Waals surface area contributed by atoms with Crippen LogP contribution in [0.4, 0.5) is 0 Å². The van der Waals surface area contributed by atoms with Crippen molar-refractivity contribution in [1.29, 1.82) is 0 Å². The molecule has 1 unspecified atom stereocenters. The third-order valence-electron chi connectivity index (χ3n) is 3.20. The van der Waals surface area contributed by atoms with Crippen LogP contribution in [0.15, 0.2) is 12.1 Å². The zero-order chi connectivity index (χ0) is 12.8. The van der Waals surface area contributed by atoms with Crippen molar-refractivity contribution in [2.45, 2.75) is 57.7 Å². The molecule has 0 N–H and O–H groups in total. The fourth-order valence-corrected chi connectivity index (χ4v) is 3.08. The standard InChI is InChI=1S/C15H22BrCl/c1-4-5-6-7-8-14(16)13-9-12(3)15(17)10-11(13)2/h9-10,14H,4-8H2,1-3H3. The highest BCUT2D eigenvalue weighted by atomic mass is 79.9. The molecule has 0 spiro atoms. The summed E-state index contributed by atoms with van der Waals surface area (Å²) in [5.41, 5.74) is 3.85. The average molecular weight is 318 g/mol. The van der Waals surface area contributed by atoms with Crippen LogP contribution in [0, 0.1) is 13.8 Å². The van der Waals surface area contributed by atoms with Gasteiger partial charge in [-0.1, -0.05) is 66.2 Å². The Hall–Kier alpha value is -0.0100. The second kappa shape index (κ2) is 7.43. The molecular weight excluding hydrogens is 296 g/mol. The summed E-state index contributed by atoms with van der Waals surface area (Å²) in [6, 6.07) is 4.30. The summed E-state index contributed by atoms with van der Waals surface area (Å²) in [4.78, 5) is 0.468. The molecule has 0 bridgehead atoms. The van der Waals surface area contributed by atoms with Crippen molar-refractivity contribution in [3.05, 3.63) is 33.8 Å². The lowest BCUT2D eigenvalue weighted by Gasteiger charge is -2.15. The Balaban J connectivity index is 2.62. The maximum Gasteiger partial charge on any atom is 0.0438 e. The van der Waals surface area contributed by atoms with Crippen molar-refractivity contribution >= 4 is 27.5 Å². The summed E-state index contributed by atoms with van der Waals surface area (Å²) in [6.45, 7) is 6.46. The average Bonchev–Trinajstić information content (AvgIpc) is 2.29. The first-order chi connectivity index (χ1) is 8.06. The van der Waals surface area contributed by atoms with Crippen LogP contribution in [0.2, 0.25) is 5.02 Å². The minimum atomic E-state index is 0.468. The van der Waals surface area contributed by atoms with Gasteiger partial charge in [-0.25, -0.2) is 0 Å². The van der Waals surface area contributed by atoms with Gasteiger partial charge in [-0.3, -0.25) is 0 Å². The molecule has 0 fully saturated rings. The lowest BCUT2D eigenvalue weighted by molar-refractivity contribution is 0.629. The second-order valence-electron chi connectivity index (χ2n) is 4.77. The number of unbranched alkanes of at least 4 members (excludes halogenated alkanes) is 3. The van der Waals surface area contributed by atoms with Crippen molar-refractivity contribution in [2.24, 2.45) is 0 Å². The highest BCUT2D eigenvalue weighted by Crippen LogP contribution is 2.33. The van der Waals surface area contributed by atoms with Gasteiger partial charge in [-0.2, -0.15) is 0 Å². The molecule has 0 aromatic heterocycles. The molecule has 0 saturated heterocycles. The molecule has 1 atom stereocenters. The fraction of sp³-hybridized carbons (Fsp3) is 0.600. The first-order valence-electron chi connectivity index (χ1n) is 6.47. The monoisotopic (exact) mass is 316 g/mol. The van der Waals surface area contributed by atoms with Crippen LogP contribution in [0.5, 0.6) is 0 Å². The van der Waals surface area contributed by atoms with Crippen LogP contribution in [0.1, 0.15) is 60.5 Å². The third-order valence-corrected chi connectivity index (χ3v) is 4.55. The van der Waals surface area contributed by atoms with Crippen molar-refractivity contribution in [3.63, 3.8) is 0 Å². The summed E-state index contributed by atoms with van der Waals surface area (Å²) in [7, 11) is 0. The number of rotatable bonds is 6. The number of hydrogen-bond acceptors (Lipinski definition) is 0. The van der Waals surface area contributed by atoms with E-state index in [1.807, 2.05) is 0 Å². The molecule has 1 rings (SSSR count). The summed E-state index contributed by atoms with van der Waals surface area (Å²) < 4.78 is 0. The lowest BCUT2D eigenvalue weighted by Crippen LogP contribution is -1.95. The van der Waals surface area contributed by atoms with Gasteiger partial charge in [0.05, 0.1) is 0 Å². The van der Waals surface area contributed by atoms with E-state index in [4.69, 9.17) is 11.6 Å². The summed E-state index contributed by atoms with van der Waals surface area (Å²) in [6.07, 6.45) is 6.49. The van der Waals surface area contributed by atoms with E-state index in [-0.39, 0.29) is 0 Å². The Labute approximate surface area is 119 Å². The van der Waals surface area contributed by atoms with E-state index in [9.17, 15) is 0 Å². The van der Waals surface area contributed by atoms with Crippen molar-refractivity contribution in [3.8, 4) is 0 Å². The minimum Gasteiger partial charge on any atom is -0.0840 e. The van der Waals surface area contributed by atoms with Crippen LogP contribution < -0.4 is 0 Å². The van der Waals surface area contributed by atoms with E-state index in [0.29, 0.717) is 4.83 Å². The van der Waals surface area contributed by atoms with Crippen LogP contribution in [0.3, 0.4) is 0 Å². The number of alkyl halides is 1. The Morgan fingerprint density at radius 3 is 2.47 bits per heavy atom. The van der Waals surface area contributed by atoms with Gasteiger partial charge in [0, 0.05) is 9.85 Å². The Morgan fingerprint density at radius 1 is 1.12 bits per heavy atom. The van der Waals surface area contributed by atoms with E-state index < -0.39 is 0 Å². The predicted octanol–water partition coefficient (Wildman–Crippen LogP) is 6.36. The molecule has 0 aliphatic carbocycles. The topological polar surface area (TPSA) is 0 Å². The molecule has 0 aliphatic heterocycles. The van der Waals surface area contributed by atoms with Crippen LogP contribution >= 0.6 is 27.5 Å². The summed E-state index contributed by atoms with van der Waals surface area (Å²) in [5, 5.41) is 0.872. The number of benzene rings is 1. The van der Waals surface area contributed by atoms with Gasteiger partial charge < -0.3 is 0 Å². The molecule has 0 nitrogen and oxygen atoms in total. The highest BCUT2D eigenvalue weighted by molar-refractivity contribution is 9.09. The highest BCUT2D eigenvalue weighted by Gasteiger charge is 2.11. The van der Waals surface area contributed by atoms with Crippen LogP contribution in [-0.4, -0.2) is 0 Å². The Kier molecular flexibility index (Phi) is 6.58. The van der Waals surface area contributed by atoms with Gasteiger partial charge in [0.25, 0.3) is 0 Å². The van der Waals surface area contributed by atoms with Gasteiger partial charge in [-0.05, 0) is 43.0 Å². The van der Waals surface area contributed by atoms with E-state index >= 15 is 0 Å². The Morgan fingerprint density at radius 2 is 1.82 bits per heavy atom. The zero-order valence-electron chi connectivity index (χ0n) is 11.0. The molecule has 1 aromatic rings. The largest absolute Gasteiger partial charge is 0.0840 e.